The van der Waals surface area contributed by atoms with Crippen molar-refractivity contribution in [1.29, 1.82) is 0 Å². The maximum absolute atomic E-state index is 15.0. The third-order valence-electron chi connectivity index (χ3n) is 6.57. The molecule has 6 rings (SSSR count). The Hall–Kier alpha value is -3.30. The first-order valence-electron chi connectivity index (χ1n) is 12.0. The molecule has 41 heavy (non-hydrogen) atoms. The van der Waals surface area contributed by atoms with E-state index in [0.717, 1.165) is 11.0 Å². The number of fused-ring (bicyclic) bond motifs is 2. The van der Waals surface area contributed by atoms with Gasteiger partial charge >= 0.3 is 6.80 Å². The van der Waals surface area contributed by atoms with E-state index in [2.05, 4.69) is 47.5 Å². The summed E-state index contributed by atoms with van der Waals surface area (Å²) in [5, 5.41) is 27.7. The van der Waals surface area contributed by atoms with Crippen LogP contribution < -0.4 is 17.0 Å². The second-order valence-corrected chi connectivity index (χ2v) is 12.1. The molecule has 2 unspecified atom stereocenters. The number of nitrogens with two attached hydrogens (primary N) is 2. The Morgan fingerprint density at radius 3 is 2.80 bits per heavy atom. The summed E-state index contributed by atoms with van der Waals surface area (Å²) in [7, 11) is 0. The van der Waals surface area contributed by atoms with Gasteiger partial charge in [0, 0.05) is 6.42 Å². The average Bonchev–Trinajstić information content (AvgIpc) is 3.69. The number of aliphatic hydroxyl groups is 2. The van der Waals surface area contributed by atoms with Crippen LogP contribution in [0.15, 0.2) is 17.4 Å². The second kappa shape index (κ2) is 10.5. The van der Waals surface area contributed by atoms with Crippen LogP contribution in [-0.4, -0.2) is 98.5 Å². The minimum absolute atomic E-state index is 0.0237. The van der Waals surface area contributed by atoms with Crippen LogP contribution in [0.5, 0.6) is 0 Å². The molecular weight excluding hydrogens is 592 g/mol. The molecule has 0 amide bonds. The van der Waals surface area contributed by atoms with E-state index in [9.17, 15) is 19.6 Å². The van der Waals surface area contributed by atoms with E-state index >= 15 is 4.39 Å². The summed E-state index contributed by atoms with van der Waals surface area (Å²) in [6.45, 7) is -5.21. The average molecular weight is 616 g/mol. The fourth-order valence-corrected chi connectivity index (χ4v) is 6.16. The van der Waals surface area contributed by atoms with Gasteiger partial charge in [0.1, 0.15) is 24.6 Å². The minimum atomic E-state index is -4.22. The van der Waals surface area contributed by atoms with Crippen molar-refractivity contribution in [3.05, 3.63) is 23.0 Å². The molecule has 22 heteroatoms. The predicted octanol–water partition coefficient (Wildman–Crippen LogP) is -1.17. The van der Waals surface area contributed by atoms with Crippen LogP contribution in [-0.2, 0) is 23.1 Å². The molecular formula is C19H23FN11O8PS. The summed E-state index contributed by atoms with van der Waals surface area (Å²) in [5.41, 5.74) is 11.0. The third-order valence-corrected chi connectivity index (χ3v) is 8.21. The van der Waals surface area contributed by atoms with Crippen molar-refractivity contribution in [2.45, 2.75) is 49.5 Å². The van der Waals surface area contributed by atoms with E-state index in [1.807, 2.05) is 0 Å². The Balaban J connectivity index is 1.16. The van der Waals surface area contributed by atoms with E-state index < -0.39 is 68.6 Å². The van der Waals surface area contributed by atoms with Crippen molar-refractivity contribution in [2.24, 2.45) is 0 Å². The second-order valence-electron chi connectivity index (χ2n) is 9.22. The van der Waals surface area contributed by atoms with Gasteiger partial charge in [-0.3, -0.25) is 23.4 Å². The number of anilines is 2. The van der Waals surface area contributed by atoms with Gasteiger partial charge in [-0.2, -0.15) is 9.67 Å². The molecule has 2 aliphatic heterocycles. The maximum Gasteiger partial charge on any atom is 0.386 e. The fraction of sp³-hybridized carbons (Fsp3) is 0.526. The van der Waals surface area contributed by atoms with Gasteiger partial charge in [0.25, 0.3) is 5.56 Å². The van der Waals surface area contributed by atoms with Crippen LogP contribution in [0.4, 0.5) is 16.2 Å². The standard InChI is InChI=1S/C19H23FN11O8PS/c20-9-12(33)8(38-18(9)31-14-10(28-29-31)13(21)23-4-24-14)3-36-40(35,41)39-7-1-6(2-32)37-17(7)30-5-25-11-15(30)26-19(22)27-16(11)34/h4-9,12,17-18,32-33H,1-3H2,(H,35,41)(H2,21,23,24)(H3,22,26,27,34)/t6-,7-,8+,9?,12+,17+,18+,40?/m0/s1. The molecule has 4 aromatic rings. The smallest absolute Gasteiger partial charge is 0.386 e. The third kappa shape index (κ3) is 5.03. The lowest BCUT2D eigenvalue weighted by atomic mass is 10.1. The summed E-state index contributed by atoms with van der Waals surface area (Å²) < 4.78 is 53.0. The molecule has 2 aliphatic rings. The van der Waals surface area contributed by atoms with Gasteiger partial charge < -0.3 is 31.2 Å². The number of nitrogens with zero attached hydrogens (tertiary/aromatic N) is 8. The first-order valence-corrected chi connectivity index (χ1v) is 14.7. The van der Waals surface area contributed by atoms with Crippen molar-refractivity contribution in [3.63, 3.8) is 0 Å². The number of nitrogen functional groups attached to an aromatic ring is 2. The van der Waals surface area contributed by atoms with E-state index in [4.69, 9.17) is 30.0 Å². The van der Waals surface area contributed by atoms with Gasteiger partial charge in [-0.25, -0.2) is 23.9 Å². The zero-order valence-electron chi connectivity index (χ0n) is 20.7. The molecule has 7 N–H and O–H groups in total. The number of H-pyrrole nitrogens is 1. The van der Waals surface area contributed by atoms with Crippen LogP contribution in [0.3, 0.4) is 0 Å². The van der Waals surface area contributed by atoms with Crippen molar-refractivity contribution < 1.29 is 37.7 Å². The van der Waals surface area contributed by atoms with Crippen molar-refractivity contribution in [3.8, 4) is 0 Å². The molecule has 0 radical (unpaired) electrons. The van der Waals surface area contributed by atoms with Gasteiger partial charge in [-0.1, -0.05) is 17.5 Å². The number of imidazole rings is 1. The van der Waals surface area contributed by atoms with E-state index in [1.54, 1.807) is 0 Å². The predicted molar refractivity (Wildman–Crippen MR) is 138 cm³/mol. The maximum atomic E-state index is 15.0. The zero-order valence-corrected chi connectivity index (χ0v) is 22.5. The first kappa shape index (κ1) is 27.8. The number of nitrogens with one attached hydrogen (secondary N) is 1. The number of halogens is 1. The number of aromatic nitrogens is 9. The monoisotopic (exact) mass is 615 g/mol. The number of rotatable bonds is 8. The van der Waals surface area contributed by atoms with Gasteiger partial charge in [0.15, 0.2) is 46.8 Å². The number of hydrogen-bond donors (Lipinski definition) is 6. The highest BCUT2D eigenvalue weighted by molar-refractivity contribution is 8.44. The van der Waals surface area contributed by atoms with Crippen LogP contribution in [0.25, 0.3) is 22.3 Å². The van der Waals surface area contributed by atoms with E-state index in [0.29, 0.717) is 0 Å². The Kier molecular flexibility index (Phi) is 7.14. The largest absolute Gasteiger partial charge is 0.394 e. The summed E-state index contributed by atoms with van der Waals surface area (Å²) >= 11 is 4.02. The molecule has 2 saturated heterocycles. The Labute approximate surface area is 232 Å². The highest BCUT2D eigenvalue weighted by Crippen LogP contribution is 2.57. The van der Waals surface area contributed by atoms with Crippen LogP contribution >= 0.6 is 19.0 Å². The molecule has 0 saturated carbocycles. The topological polar surface area (TPSA) is 267 Å². The number of hydrogen-bond acceptors (Lipinski definition) is 16. The molecule has 220 valence electrons. The molecule has 6 heterocycles. The Bertz CT molecular complexity index is 1700. The van der Waals surface area contributed by atoms with Crippen LogP contribution in [0, 0.1) is 0 Å². The number of ether oxygens (including phenoxy) is 2. The molecule has 0 aromatic carbocycles. The normalized spacial score (nSPS) is 29.9. The summed E-state index contributed by atoms with van der Waals surface area (Å²) in [6, 6.07) is 0. The molecule has 0 spiro atoms. The highest BCUT2D eigenvalue weighted by Gasteiger charge is 2.48. The Morgan fingerprint density at radius 2 is 2.02 bits per heavy atom. The van der Waals surface area contributed by atoms with Crippen molar-refractivity contribution >= 4 is 53.1 Å². The van der Waals surface area contributed by atoms with Gasteiger partial charge in [0.2, 0.25) is 5.95 Å². The number of thiol groups is 1. The number of aliphatic hydroxyl groups excluding tert-OH is 2. The van der Waals surface area contributed by atoms with Gasteiger partial charge in [-0.15, -0.1) is 5.10 Å². The van der Waals surface area contributed by atoms with Crippen molar-refractivity contribution in [1.82, 2.24) is 44.5 Å². The summed E-state index contributed by atoms with van der Waals surface area (Å²) in [4.78, 5) is 30.4. The van der Waals surface area contributed by atoms with Crippen LogP contribution in [0.1, 0.15) is 18.9 Å². The Morgan fingerprint density at radius 1 is 1.22 bits per heavy atom. The SMILES string of the molecule is Nc1nc2c(ncn2[C@@H]2O[C@H](CO)C[C@@H]2OP(=O)(S)OC[C@H]2O[C@@H](n3nnc4c(N)ncnc43)C(F)[C@@H]2O)c(=O)[nH]1. The zero-order chi connectivity index (χ0) is 29.1. The number of aromatic amines is 1. The summed E-state index contributed by atoms with van der Waals surface area (Å²) in [5.74, 6) is -0.147. The van der Waals surface area contributed by atoms with Crippen molar-refractivity contribution in [2.75, 3.05) is 24.7 Å². The lowest BCUT2D eigenvalue weighted by Crippen LogP contribution is -2.31. The molecule has 19 nitrogen and oxygen atoms in total. The molecule has 2 fully saturated rings. The molecule has 0 aliphatic carbocycles. The summed E-state index contributed by atoms with van der Waals surface area (Å²) in [6.07, 6.45) is -6.83. The lowest BCUT2D eigenvalue weighted by Gasteiger charge is -2.24. The van der Waals surface area contributed by atoms with Gasteiger partial charge in [0.05, 0.1) is 25.6 Å². The quantitative estimate of drug-likeness (QED) is 0.101. The van der Waals surface area contributed by atoms with Gasteiger partial charge in [-0.05, 0) is 0 Å². The minimum Gasteiger partial charge on any atom is -0.394 e. The van der Waals surface area contributed by atoms with E-state index in [1.165, 1.54) is 10.9 Å². The number of alkyl halides is 1. The van der Waals surface area contributed by atoms with E-state index in [-0.39, 0.29) is 40.5 Å². The lowest BCUT2D eigenvalue weighted by molar-refractivity contribution is -0.0554. The highest BCUT2D eigenvalue weighted by atomic mass is 32.7. The van der Waals surface area contributed by atoms with Crippen LogP contribution in [0.2, 0.25) is 0 Å². The molecule has 8 atom stereocenters. The molecule has 4 aromatic heterocycles. The molecule has 0 bridgehead atoms. The first-order chi connectivity index (χ1) is 19.6. The fourth-order valence-electron chi connectivity index (χ4n) is 4.66.